The maximum Gasteiger partial charge on any atom is 0.226 e. The second kappa shape index (κ2) is 9.27. The fourth-order valence-corrected chi connectivity index (χ4v) is 3.91. The molecule has 28 heavy (non-hydrogen) atoms. The van der Waals surface area contributed by atoms with Crippen LogP contribution in [0.15, 0.2) is 24.3 Å². The van der Waals surface area contributed by atoms with Crippen molar-refractivity contribution >= 4 is 5.91 Å². The molecule has 1 saturated heterocycles. The Morgan fingerprint density at radius 2 is 1.89 bits per heavy atom. The first kappa shape index (κ1) is 21.1. The van der Waals surface area contributed by atoms with E-state index in [1.807, 2.05) is 12.1 Å². The summed E-state index contributed by atoms with van der Waals surface area (Å²) in [5.74, 6) is 1.30. The van der Waals surface area contributed by atoms with Crippen molar-refractivity contribution in [3.63, 3.8) is 0 Å². The lowest BCUT2D eigenvalue weighted by Gasteiger charge is -2.37. The second-order valence-corrected chi connectivity index (χ2v) is 9.14. The average molecular weight is 389 g/mol. The molecule has 0 spiro atoms. The molecule has 1 unspecified atom stereocenters. The van der Waals surface area contributed by atoms with Gasteiger partial charge in [-0.1, -0.05) is 12.1 Å². The monoisotopic (exact) mass is 388 g/mol. The summed E-state index contributed by atoms with van der Waals surface area (Å²) in [7, 11) is 4.14. The predicted octanol–water partition coefficient (Wildman–Crippen LogP) is 3.71. The van der Waals surface area contributed by atoms with Gasteiger partial charge >= 0.3 is 0 Å². The molecule has 1 aliphatic heterocycles. The molecular weight excluding hydrogens is 352 g/mol. The Morgan fingerprint density at radius 1 is 1.18 bits per heavy atom. The molecule has 5 heteroatoms. The summed E-state index contributed by atoms with van der Waals surface area (Å²) in [5.41, 5.74) is 0.978. The van der Waals surface area contributed by atoms with Crippen molar-refractivity contribution in [2.75, 3.05) is 33.9 Å². The number of nitrogens with zero attached hydrogens (tertiary/aromatic N) is 2. The van der Waals surface area contributed by atoms with Crippen molar-refractivity contribution in [1.82, 2.24) is 9.80 Å². The molecule has 2 aliphatic rings. The molecule has 2 fully saturated rings. The summed E-state index contributed by atoms with van der Waals surface area (Å²) in [6.07, 6.45) is 4.93. The minimum Gasteiger partial charge on any atom is -0.494 e. The van der Waals surface area contributed by atoms with Crippen LogP contribution in [0.2, 0.25) is 0 Å². The van der Waals surface area contributed by atoms with Gasteiger partial charge in [0.1, 0.15) is 5.75 Å². The van der Waals surface area contributed by atoms with Crippen LogP contribution in [0.4, 0.5) is 0 Å². The van der Waals surface area contributed by atoms with Crippen LogP contribution in [0.25, 0.3) is 0 Å². The first-order valence-corrected chi connectivity index (χ1v) is 10.6. The molecular formula is C23H36N2O3. The fourth-order valence-electron chi connectivity index (χ4n) is 3.91. The van der Waals surface area contributed by atoms with Crippen molar-refractivity contribution in [2.24, 2.45) is 5.92 Å². The molecule has 5 nitrogen and oxygen atoms in total. The summed E-state index contributed by atoms with van der Waals surface area (Å²) >= 11 is 0. The van der Waals surface area contributed by atoms with Gasteiger partial charge in [0.05, 0.1) is 12.2 Å². The van der Waals surface area contributed by atoms with Crippen molar-refractivity contribution in [3.05, 3.63) is 29.8 Å². The minimum absolute atomic E-state index is 0.0867. The molecule has 1 amide bonds. The fraction of sp³-hybridized carbons (Fsp3) is 0.696. The molecule has 0 aromatic heterocycles. The molecule has 1 aromatic carbocycles. The average Bonchev–Trinajstić information content (AvgIpc) is 3.48. The van der Waals surface area contributed by atoms with Crippen molar-refractivity contribution in [3.8, 4) is 5.75 Å². The number of hydrogen-bond donors (Lipinski definition) is 0. The van der Waals surface area contributed by atoms with Crippen LogP contribution in [0, 0.1) is 5.92 Å². The zero-order valence-corrected chi connectivity index (χ0v) is 17.9. The van der Waals surface area contributed by atoms with Crippen molar-refractivity contribution in [2.45, 2.75) is 64.1 Å². The van der Waals surface area contributed by atoms with E-state index in [9.17, 15) is 4.79 Å². The van der Waals surface area contributed by atoms with Gasteiger partial charge in [-0.2, -0.15) is 0 Å². The first-order chi connectivity index (χ1) is 13.3. The zero-order chi connectivity index (χ0) is 20.1. The van der Waals surface area contributed by atoms with Crippen LogP contribution in [-0.2, 0) is 16.1 Å². The smallest absolute Gasteiger partial charge is 0.226 e. The standard InChI is InChI=1S/C23H36N2O3/c1-23(2)16-19(12-15-28-23)22(26)25(20-8-9-20)17-18-6-10-21(11-7-18)27-14-5-13-24(3)4/h6-7,10-11,19-20H,5,8-9,12-17H2,1-4H3. The molecule has 0 radical (unpaired) electrons. The van der Waals surface area contributed by atoms with Crippen molar-refractivity contribution in [1.29, 1.82) is 0 Å². The first-order valence-electron chi connectivity index (χ1n) is 10.6. The molecule has 1 atom stereocenters. The Kier molecular flexibility index (Phi) is 7.00. The van der Waals surface area contributed by atoms with E-state index in [1.54, 1.807) is 0 Å². The van der Waals surface area contributed by atoms with E-state index in [4.69, 9.17) is 9.47 Å². The van der Waals surface area contributed by atoms with Crippen molar-refractivity contribution < 1.29 is 14.3 Å². The Hall–Kier alpha value is -1.59. The number of ether oxygens (including phenoxy) is 2. The summed E-state index contributed by atoms with van der Waals surface area (Å²) in [6, 6.07) is 8.66. The molecule has 1 aromatic rings. The van der Waals surface area contributed by atoms with Crippen LogP contribution in [0.1, 0.15) is 51.5 Å². The van der Waals surface area contributed by atoms with Crippen LogP contribution >= 0.6 is 0 Å². The predicted molar refractivity (Wildman–Crippen MR) is 111 cm³/mol. The zero-order valence-electron chi connectivity index (χ0n) is 17.9. The SMILES string of the molecule is CN(C)CCCOc1ccc(CN(C(=O)C2CCOC(C)(C)C2)C2CC2)cc1. The largest absolute Gasteiger partial charge is 0.494 e. The minimum atomic E-state index is -0.195. The van der Waals surface area contributed by atoms with Gasteiger partial charge < -0.3 is 19.3 Å². The van der Waals surface area contributed by atoms with E-state index in [1.165, 1.54) is 5.56 Å². The third-order valence-electron chi connectivity index (χ3n) is 5.61. The maximum atomic E-state index is 13.2. The van der Waals surface area contributed by atoms with Gasteiger partial charge in [-0.05, 0) is 77.7 Å². The molecule has 1 aliphatic carbocycles. The Bertz CT molecular complexity index is 638. The lowest BCUT2D eigenvalue weighted by Crippen LogP contribution is -2.44. The molecule has 0 bridgehead atoms. The highest BCUT2D eigenvalue weighted by Gasteiger charge is 2.39. The lowest BCUT2D eigenvalue weighted by molar-refractivity contribution is -0.146. The summed E-state index contributed by atoms with van der Waals surface area (Å²) < 4.78 is 11.6. The Balaban J connectivity index is 1.55. The van der Waals surface area contributed by atoms with Gasteiger partial charge in [-0.15, -0.1) is 0 Å². The molecule has 1 heterocycles. The topological polar surface area (TPSA) is 42.0 Å². The number of amides is 1. The van der Waals surface area contributed by atoms with E-state index in [0.29, 0.717) is 25.1 Å². The molecule has 1 saturated carbocycles. The van der Waals surface area contributed by atoms with Crippen LogP contribution < -0.4 is 4.74 Å². The van der Waals surface area contributed by atoms with Gasteiger partial charge in [0, 0.05) is 31.7 Å². The van der Waals surface area contributed by atoms with Crippen LogP contribution in [0.3, 0.4) is 0 Å². The summed E-state index contributed by atoms with van der Waals surface area (Å²) in [4.78, 5) is 17.5. The van der Waals surface area contributed by atoms with Gasteiger partial charge in [-0.3, -0.25) is 4.79 Å². The number of benzene rings is 1. The summed E-state index contributed by atoms with van der Waals surface area (Å²) in [6.45, 7) is 7.31. The lowest BCUT2D eigenvalue weighted by atomic mass is 9.87. The van der Waals surface area contributed by atoms with E-state index >= 15 is 0 Å². The van der Waals surface area contributed by atoms with Crippen LogP contribution in [0.5, 0.6) is 5.75 Å². The number of carbonyl (C=O) groups excluding carboxylic acids is 1. The highest BCUT2D eigenvalue weighted by Crippen LogP contribution is 2.35. The highest BCUT2D eigenvalue weighted by atomic mass is 16.5. The van der Waals surface area contributed by atoms with Gasteiger partial charge in [-0.25, -0.2) is 0 Å². The van der Waals surface area contributed by atoms with Gasteiger partial charge in [0.15, 0.2) is 0 Å². The molecule has 0 N–H and O–H groups in total. The van der Waals surface area contributed by atoms with E-state index in [-0.39, 0.29) is 11.5 Å². The quantitative estimate of drug-likeness (QED) is 0.605. The molecule has 3 rings (SSSR count). The van der Waals surface area contributed by atoms with E-state index < -0.39 is 0 Å². The Morgan fingerprint density at radius 3 is 2.50 bits per heavy atom. The van der Waals surface area contributed by atoms with Gasteiger partial charge in [0.2, 0.25) is 5.91 Å². The van der Waals surface area contributed by atoms with Crippen LogP contribution in [-0.4, -0.2) is 61.2 Å². The second-order valence-electron chi connectivity index (χ2n) is 9.14. The number of rotatable bonds is 9. The highest BCUT2D eigenvalue weighted by molar-refractivity contribution is 5.79. The number of carbonyl (C=O) groups is 1. The van der Waals surface area contributed by atoms with E-state index in [0.717, 1.165) is 51.0 Å². The van der Waals surface area contributed by atoms with Gasteiger partial charge in [0.25, 0.3) is 0 Å². The molecule has 156 valence electrons. The normalized spacial score (nSPS) is 21.5. The number of hydrogen-bond acceptors (Lipinski definition) is 4. The summed E-state index contributed by atoms with van der Waals surface area (Å²) in [5, 5.41) is 0. The van der Waals surface area contributed by atoms with E-state index in [2.05, 4.69) is 49.9 Å². The maximum absolute atomic E-state index is 13.2. The third-order valence-corrected chi connectivity index (χ3v) is 5.61. The Labute approximate surface area is 170 Å². The third kappa shape index (κ3) is 6.21.